The lowest BCUT2D eigenvalue weighted by Gasteiger charge is -2.25. The summed E-state index contributed by atoms with van der Waals surface area (Å²) in [7, 11) is 4.96. The molecule has 1 atom stereocenters. The largest absolute Gasteiger partial charge is 0.401 e. The van der Waals surface area contributed by atoms with Gasteiger partial charge in [-0.1, -0.05) is 0 Å². The molecular formula is C6H14F3N3. The Bertz CT molecular complexity index is 124. The molecular weight excluding hydrogens is 171 g/mol. The number of halogens is 3. The van der Waals surface area contributed by atoms with Crippen molar-refractivity contribution < 1.29 is 13.2 Å². The Labute approximate surface area is 69.9 Å². The summed E-state index contributed by atoms with van der Waals surface area (Å²) < 4.78 is 35.1. The number of rotatable bonds is 4. The van der Waals surface area contributed by atoms with Crippen molar-refractivity contribution in [1.29, 1.82) is 0 Å². The summed E-state index contributed by atoms with van der Waals surface area (Å²) in [6, 6.07) is 0. The predicted octanol–water partition coefficient (Wildman–Crippen LogP) is 0.203. The molecule has 0 rings (SSSR count). The first-order chi connectivity index (χ1) is 5.37. The number of nitrogens with one attached hydrogen (secondary N) is 2. The second-order valence-electron chi connectivity index (χ2n) is 2.65. The van der Waals surface area contributed by atoms with Gasteiger partial charge in [0.05, 0.1) is 6.54 Å². The standard InChI is InChI=1S/C6H14F3N3/c1-10-5(12(2)3)11-4-6(7,8)9/h5,10-11H,4H2,1-3H3. The second-order valence-corrected chi connectivity index (χ2v) is 2.65. The van der Waals surface area contributed by atoms with E-state index < -0.39 is 19.0 Å². The van der Waals surface area contributed by atoms with E-state index in [-0.39, 0.29) is 0 Å². The van der Waals surface area contributed by atoms with Crippen LogP contribution in [0.5, 0.6) is 0 Å². The van der Waals surface area contributed by atoms with Crippen LogP contribution in [0.1, 0.15) is 0 Å². The van der Waals surface area contributed by atoms with Gasteiger partial charge in [-0.3, -0.25) is 15.5 Å². The lowest BCUT2D eigenvalue weighted by atomic mass is 10.6. The van der Waals surface area contributed by atoms with Crippen molar-refractivity contribution in [2.45, 2.75) is 12.5 Å². The van der Waals surface area contributed by atoms with Crippen molar-refractivity contribution >= 4 is 0 Å². The topological polar surface area (TPSA) is 27.3 Å². The zero-order chi connectivity index (χ0) is 9.78. The molecule has 0 fully saturated rings. The molecule has 0 saturated carbocycles. The van der Waals surface area contributed by atoms with Gasteiger partial charge in [0.25, 0.3) is 0 Å². The summed E-state index contributed by atoms with van der Waals surface area (Å²) in [5.74, 6) is 0. The minimum Gasteiger partial charge on any atom is -0.293 e. The molecule has 6 heteroatoms. The maximum absolute atomic E-state index is 11.7. The monoisotopic (exact) mass is 185 g/mol. The summed E-state index contributed by atoms with van der Waals surface area (Å²) in [6.45, 7) is -0.989. The molecule has 0 aromatic heterocycles. The summed E-state index contributed by atoms with van der Waals surface area (Å²) in [5.41, 5.74) is 0. The van der Waals surface area contributed by atoms with Crippen LogP contribution in [0.15, 0.2) is 0 Å². The van der Waals surface area contributed by atoms with Gasteiger partial charge in [0.15, 0.2) is 0 Å². The van der Waals surface area contributed by atoms with Crippen LogP contribution in [0, 0.1) is 0 Å². The Balaban J connectivity index is 3.73. The fourth-order valence-corrected chi connectivity index (χ4v) is 0.755. The van der Waals surface area contributed by atoms with Gasteiger partial charge in [-0.2, -0.15) is 13.2 Å². The third-order valence-electron chi connectivity index (χ3n) is 1.29. The van der Waals surface area contributed by atoms with Crippen molar-refractivity contribution in [3.05, 3.63) is 0 Å². The molecule has 0 aliphatic carbocycles. The molecule has 2 N–H and O–H groups in total. The Hall–Kier alpha value is -0.330. The van der Waals surface area contributed by atoms with Crippen LogP contribution in [0.4, 0.5) is 13.2 Å². The fraction of sp³-hybridized carbons (Fsp3) is 1.00. The SMILES string of the molecule is CNC(NCC(F)(F)F)N(C)C. The van der Waals surface area contributed by atoms with Gasteiger partial charge in [-0.05, 0) is 21.1 Å². The average Bonchev–Trinajstić information content (AvgIpc) is 1.85. The smallest absolute Gasteiger partial charge is 0.293 e. The van der Waals surface area contributed by atoms with E-state index in [1.54, 1.807) is 26.0 Å². The van der Waals surface area contributed by atoms with Crippen molar-refractivity contribution in [1.82, 2.24) is 15.5 Å². The van der Waals surface area contributed by atoms with Gasteiger partial charge in [-0.15, -0.1) is 0 Å². The average molecular weight is 185 g/mol. The minimum atomic E-state index is -4.16. The molecule has 0 spiro atoms. The highest BCUT2D eigenvalue weighted by molar-refractivity contribution is 4.62. The predicted molar refractivity (Wildman–Crippen MR) is 40.6 cm³/mol. The summed E-state index contributed by atoms with van der Waals surface area (Å²) >= 11 is 0. The molecule has 12 heavy (non-hydrogen) atoms. The van der Waals surface area contributed by atoms with E-state index in [1.807, 2.05) is 0 Å². The highest BCUT2D eigenvalue weighted by Gasteiger charge is 2.27. The normalized spacial score (nSPS) is 15.2. The maximum Gasteiger partial charge on any atom is 0.401 e. The minimum absolute atomic E-state index is 0.452. The zero-order valence-electron chi connectivity index (χ0n) is 7.37. The number of hydrogen-bond acceptors (Lipinski definition) is 3. The van der Waals surface area contributed by atoms with E-state index in [0.717, 1.165) is 0 Å². The second kappa shape index (κ2) is 4.64. The third kappa shape index (κ3) is 5.34. The van der Waals surface area contributed by atoms with Crippen LogP contribution in [0.3, 0.4) is 0 Å². The van der Waals surface area contributed by atoms with Gasteiger partial charge in [0, 0.05) is 0 Å². The van der Waals surface area contributed by atoms with Gasteiger partial charge in [0.1, 0.15) is 6.29 Å². The lowest BCUT2D eigenvalue weighted by Crippen LogP contribution is -2.52. The molecule has 74 valence electrons. The van der Waals surface area contributed by atoms with Crippen LogP contribution in [-0.2, 0) is 0 Å². The first-order valence-electron chi connectivity index (χ1n) is 3.50. The van der Waals surface area contributed by atoms with Gasteiger partial charge in [0.2, 0.25) is 0 Å². The van der Waals surface area contributed by atoms with E-state index in [0.29, 0.717) is 0 Å². The van der Waals surface area contributed by atoms with Crippen LogP contribution in [0.2, 0.25) is 0 Å². The van der Waals surface area contributed by atoms with Crippen LogP contribution in [0.25, 0.3) is 0 Å². The Morgan fingerprint density at radius 1 is 1.33 bits per heavy atom. The van der Waals surface area contributed by atoms with Crippen LogP contribution in [-0.4, -0.2) is 45.1 Å². The van der Waals surface area contributed by atoms with E-state index >= 15 is 0 Å². The molecule has 0 bridgehead atoms. The molecule has 1 unspecified atom stereocenters. The Morgan fingerprint density at radius 2 is 1.83 bits per heavy atom. The summed E-state index contributed by atoms with van der Waals surface area (Å²) in [4.78, 5) is 1.62. The zero-order valence-corrected chi connectivity index (χ0v) is 7.37. The molecule has 0 amide bonds. The van der Waals surface area contributed by atoms with Crippen LogP contribution >= 0.6 is 0 Å². The number of hydrogen-bond donors (Lipinski definition) is 2. The molecule has 0 aliphatic rings. The van der Waals surface area contributed by atoms with E-state index in [4.69, 9.17) is 0 Å². The Morgan fingerprint density at radius 3 is 2.08 bits per heavy atom. The van der Waals surface area contributed by atoms with Gasteiger partial charge < -0.3 is 0 Å². The summed E-state index contributed by atoms with van der Waals surface area (Å²) in [5, 5.41) is 4.99. The van der Waals surface area contributed by atoms with E-state index in [9.17, 15) is 13.2 Å². The maximum atomic E-state index is 11.7. The molecule has 0 aromatic rings. The first kappa shape index (κ1) is 11.7. The molecule has 0 aromatic carbocycles. The number of alkyl halides is 3. The highest BCUT2D eigenvalue weighted by Crippen LogP contribution is 2.12. The molecule has 3 nitrogen and oxygen atoms in total. The highest BCUT2D eigenvalue weighted by atomic mass is 19.4. The van der Waals surface area contributed by atoms with Crippen molar-refractivity contribution in [3.8, 4) is 0 Å². The molecule has 0 radical (unpaired) electrons. The van der Waals surface area contributed by atoms with E-state index in [1.165, 1.54) is 0 Å². The molecule has 0 saturated heterocycles. The summed E-state index contributed by atoms with van der Waals surface area (Å²) in [6.07, 6.45) is -4.61. The van der Waals surface area contributed by atoms with Crippen molar-refractivity contribution in [2.75, 3.05) is 27.7 Å². The quantitative estimate of drug-likeness (QED) is 0.613. The van der Waals surface area contributed by atoms with E-state index in [2.05, 4.69) is 10.6 Å². The molecule has 0 heterocycles. The third-order valence-corrected chi connectivity index (χ3v) is 1.29. The van der Waals surface area contributed by atoms with Crippen molar-refractivity contribution in [3.63, 3.8) is 0 Å². The number of nitrogens with zero attached hydrogens (tertiary/aromatic N) is 1. The Kier molecular flexibility index (Phi) is 4.51. The molecule has 0 aliphatic heterocycles. The van der Waals surface area contributed by atoms with Crippen molar-refractivity contribution in [2.24, 2.45) is 0 Å². The lowest BCUT2D eigenvalue weighted by molar-refractivity contribution is -0.128. The van der Waals surface area contributed by atoms with Gasteiger partial charge >= 0.3 is 6.18 Å². The first-order valence-corrected chi connectivity index (χ1v) is 3.50. The van der Waals surface area contributed by atoms with Crippen LogP contribution < -0.4 is 10.6 Å². The fourth-order valence-electron chi connectivity index (χ4n) is 0.755. The van der Waals surface area contributed by atoms with Gasteiger partial charge in [-0.25, -0.2) is 0 Å².